The fourth-order valence-electron chi connectivity index (χ4n) is 8.81. The minimum Gasteiger partial charge on any atom is -0.462 e. The average molecular weight is 1060 g/mol. The molecule has 6 heteroatoms. The lowest BCUT2D eigenvalue weighted by atomic mass is 10.0. The van der Waals surface area contributed by atoms with Crippen LogP contribution < -0.4 is 0 Å². The summed E-state index contributed by atoms with van der Waals surface area (Å²) in [5, 5.41) is 0. The topological polar surface area (TPSA) is 78.9 Å². The van der Waals surface area contributed by atoms with Gasteiger partial charge in [-0.15, -0.1) is 0 Å². The number of ether oxygens (including phenoxy) is 3. The quantitative estimate of drug-likeness (QED) is 0.0261. The highest BCUT2D eigenvalue weighted by Crippen LogP contribution is 2.16. The molecule has 0 heterocycles. The number of carbonyl (C=O) groups excluding carboxylic acids is 3. The van der Waals surface area contributed by atoms with Crippen LogP contribution in [0.3, 0.4) is 0 Å². The van der Waals surface area contributed by atoms with Crippen LogP contribution in [0.4, 0.5) is 0 Å². The summed E-state index contributed by atoms with van der Waals surface area (Å²) >= 11 is 0. The van der Waals surface area contributed by atoms with E-state index in [2.05, 4.69) is 130 Å². The molecule has 0 radical (unpaired) electrons. The van der Waals surface area contributed by atoms with Gasteiger partial charge in [0.25, 0.3) is 0 Å². The molecular weight excluding hydrogens is 937 g/mol. The van der Waals surface area contributed by atoms with E-state index in [0.29, 0.717) is 12.8 Å². The third-order valence-corrected chi connectivity index (χ3v) is 13.5. The second kappa shape index (κ2) is 63.6. The van der Waals surface area contributed by atoms with Crippen LogP contribution >= 0.6 is 0 Å². The van der Waals surface area contributed by atoms with Crippen molar-refractivity contribution in [1.82, 2.24) is 0 Å². The minimum atomic E-state index is -0.799. The fraction of sp³-hybridized carbons (Fsp3) is 0.700. The third-order valence-electron chi connectivity index (χ3n) is 13.5. The molecule has 0 aliphatic rings. The van der Waals surface area contributed by atoms with Crippen molar-refractivity contribution in [3.63, 3.8) is 0 Å². The average Bonchev–Trinajstić information content (AvgIpc) is 3.42. The van der Waals surface area contributed by atoms with Crippen LogP contribution in [-0.2, 0) is 28.6 Å². The maximum Gasteiger partial charge on any atom is 0.306 e. The molecule has 0 spiro atoms. The Morgan fingerprint density at radius 1 is 0.276 bits per heavy atom. The Morgan fingerprint density at radius 2 is 0.513 bits per heavy atom. The largest absolute Gasteiger partial charge is 0.462 e. The zero-order valence-corrected chi connectivity index (χ0v) is 49.7. The Bertz CT molecular complexity index is 1540. The molecule has 0 aromatic carbocycles. The number of hydrogen-bond donors (Lipinski definition) is 0. The molecule has 0 aliphatic carbocycles. The van der Waals surface area contributed by atoms with Crippen molar-refractivity contribution >= 4 is 17.9 Å². The van der Waals surface area contributed by atoms with E-state index in [9.17, 15) is 14.4 Å². The molecule has 0 saturated heterocycles. The monoisotopic (exact) mass is 1050 g/mol. The van der Waals surface area contributed by atoms with Gasteiger partial charge in [-0.25, -0.2) is 0 Å². The predicted molar refractivity (Wildman–Crippen MR) is 330 cm³/mol. The van der Waals surface area contributed by atoms with E-state index in [0.717, 1.165) is 122 Å². The molecular formula is C70H118O6. The maximum atomic E-state index is 12.9. The summed E-state index contributed by atoms with van der Waals surface area (Å²) < 4.78 is 16.9. The Balaban J connectivity index is 4.42. The van der Waals surface area contributed by atoms with Crippen LogP contribution in [0.25, 0.3) is 0 Å². The summed E-state index contributed by atoms with van der Waals surface area (Å²) in [4.78, 5) is 38.3. The highest BCUT2D eigenvalue weighted by atomic mass is 16.6. The zero-order valence-electron chi connectivity index (χ0n) is 49.7. The maximum absolute atomic E-state index is 12.9. The first-order valence-electron chi connectivity index (χ1n) is 31.9. The Kier molecular flexibility index (Phi) is 60.3. The lowest BCUT2D eigenvalue weighted by molar-refractivity contribution is -0.167. The van der Waals surface area contributed by atoms with Gasteiger partial charge in [-0.3, -0.25) is 14.4 Å². The Labute approximate surface area is 470 Å². The number of unbranched alkanes of at least 4 members (excludes halogenated alkanes) is 28. The van der Waals surface area contributed by atoms with E-state index in [1.165, 1.54) is 135 Å². The molecule has 0 bridgehead atoms. The molecule has 0 fully saturated rings. The standard InChI is InChI=1S/C70H118O6/c1-4-7-10-13-16-19-22-25-28-31-33-34-35-36-38-39-42-45-48-51-54-57-60-63-69(72)75-66-67(65-74-68(71)62-59-56-53-50-47-44-41-30-27-24-21-18-15-12-9-6-3)76-70(73)64-61-58-55-52-49-46-43-40-37-32-29-26-23-20-17-14-11-8-5-2/h7-8,10-11,16-17,19-20,25-26,28-29,33-34,37,40,46,49,67H,4-6,9,12-15,18,21-24,27,30-32,35-36,38-39,41-45,47-48,50-66H2,1-3H3/b10-7-,11-8-,19-16-,20-17-,28-25-,29-26-,34-33-,40-37-,49-46-. The van der Waals surface area contributed by atoms with Crippen molar-refractivity contribution in [3.8, 4) is 0 Å². The number of allylic oxidation sites excluding steroid dienone is 18. The molecule has 6 nitrogen and oxygen atoms in total. The summed E-state index contributed by atoms with van der Waals surface area (Å²) in [6.45, 7) is 6.41. The van der Waals surface area contributed by atoms with Gasteiger partial charge in [-0.1, -0.05) is 284 Å². The van der Waals surface area contributed by atoms with Gasteiger partial charge in [-0.05, 0) is 103 Å². The van der Waals surface area contributed by atoms with E-state index < -0.39 is 6.10 Å². The number of rotatable bonds is 57. The van der Waals surface area contributed by atoms with Gasteiger partial charge >= 0.3 is 17.9 Å². The van der Waals surface area contributed by atoms with Crippen LogP contribution in [0, 0.1) is 0 Å². The SMILES string of the molecule is CC/C=C\C/C=C\C/C=C\C/C=C\C/C=C\CCCCCC(=O)OC(COC(=O)CCCCCCCCCCCC/C=C\C/C=C\C/C=C\C/C=C\CC)COC(=O)CCCCCCCCCCCCCCCCCC. The van der Waals surface area contributed by atoms with Crippen molar-refractivity contribution in [3.05, 3.63) is 109 Å². The van der Waals surface area contributed by atoms with E-state index in [4.69, 9.17) is 14.2 Å². The van der Waals surface area contributed by atoms with Crippen LogP contribution in [0.5, 0.6) is 0 Å². The Morgan fingerprint density at radius 3 is 0.816 bits per heavy atom. The summed E-state index contributed by atoms with van der Waals surface area (Å²) in [7, 11) is 0. The second-order valence-electron chi connectivity index (χ2n) is 20.9. The van der Waals surface area contributed by atoms with Gasteiger partial charge in [-0.2, -0.15) is 0 Å². The first-order valence-corrected chi connectivity index (χ1v) is 31.9. The molecule has 1 atom stereocenters. The van der Waals surface area contributed by atoms with Gasteiger partial charge < -0.3 is 14.2 Å². The van der Waals surface area contributed by atoms with Gasteiger partial charge in [0.15, 0.2) is 6.10 Å². The first kappa shape index (κ1) is 72.1. The third kappa shape index (κ3) is 60.9. The molecule has 434 valence electrons. The summed E-state index contributed by atoms with van der Waals surface area (Å²) in [6, 6.07) is 0. The second-order valence-corrected chi connectivity index (χ2v) is 20.9. The molecule has 1 unspecified atom stereocenters. The molecule has 0 aliphatic heterocycles. The summed E-state index contributed by atoms with van der Waals surface area (Å²) in [6.07, 6.45) is 86.6. The van der Waals surface area contributed by atoms with Crippen LogP contribution in [0.2, 0.25) is 0 Å². The lowest BCUT2D eigenvalue weighted by Crippen LogP contribution is -2.30. The normalized spacial score (nSPS) is 12.8. The molecule has 76 heavy (non-hydrogen) atoms. The summed E-state index contributed by atoms with van der Waals surface area (Å²) in [5.74, 6) is -0.919. The van der Waals surface area contributed by atoms with E-state index in [1.807, 2.05) is 0 Å². The van der Waals surface area contributed by atoms with E-state index in [1.54, 1.807) is 0 Å². The first-order chi connectivity index (χ1) is 37.5. The number of hydrogen-bond acceptors (Lipinski definition) is 6. The Hall–Kier alpha value is -3.93. The highest BCUT2D eigenvalue weighted by Gasteiger charge is 2.19. The van der Waals surface area contributed by atoms with Crippen molar-refractivity contribution in [2.45, 2.75) is 303 Å². The molecule has 0 rings (SSSR count). The highest BCUT2D eigenvalue weighted by molar-refractivity contribution is 5.71. The van der Waals surface area contributed by atoms with Crippen LogP contribution in [-0.4, -0.2) is 37.2 Å². The molecule has 0 amide bonds. The van der Waals surface area contributed by atoms with Gasteiger partial charge in [0.2, 0.25) is 0 Å². The molecule has 0 N–H and O–H groups in total. The molecule has 0 aromatic rings. The molecule has 0 aromatic heterocycles. The minimum absolute atomic E-state index is 0.0912. The molecule has 0 saturated carbocycles. The van der Waals surface area contributed by atoms with Gasteiger partial charge in [0.05, 0.1) is 0 Å². The summed E-state index contributed by atoms with van der Waals surface area (Å²) in [5.41, 5.74) is 0. The number of carbonyl (C=O) groups is 3. The van der Waals surface area contributed by atoms with Gasteiger partial charge in [0.1, 0.15) is 13.2 Å². The van der Waals surface area contributed by atoms with Crippen molar-refractivity contribution in [2.75, 3.05) is 13.2 Å². The lowest BCUT2D eigenvalue weighted by Gasteiger charge is -2.18. The van der Waals surface area contributed by atoms with Crippen LogP contribution in [0.15, 0.2) is 109 Å². The van der Waals surface area contributed by atoms with E-state index in [-0.39, 0.29) is 37.5 Å². The van der Waals surface area contributed by atoms with Crippen molar-refractivity contribution in [2.24, 2.45) is 0 Å². The van der Waals surface area contributed by atoms with Crippen LogP contribution in [0.1, 0.15) is 297 Å². The number of esters is 3. The van der Waals surface area contributed by atoms with Gasteiger partial charge in [0, 0.05) is 19.3 Å². The predicted octanol–water partition coefficient (Wildman–Crippen LogP) is 21.8. The van der Waals surface area contributed by atoms with Crippen molar-refractivity contribution in [1.29, 1.82) is 0 Å². The van der Waals surface area contributed by atoms with E-state index >= 15 is 0 Å². The van der Waals surface area contributed by atoms with Crippen molar-refractivity contribution < 1.29 is 28.6 Å². The fourth-order valence-corrected chi connectivity index (χ4v) is 8.81. The smallest absolute Gasteiger partial charge is 0.306 e. The zero-order chi connectivity index (χ0) is 55.0.